The van der Waals surface area contributed by atoms with Gasteiger partial charge >= 0.3 is 5.97 Å². The molecule has 3 aromatic carbocycles. The van der Waals surface area contributed by atoms with Crippen LogP contribution in [0.5, 0.6) is 11.5 Å². The molecular formula is C34H38N2O3. The van der Waals surface area contributed by atoms with Crippen molar-refractivity contribution in [2.75, 3.05) is 0 Å². The van der Waals surface area contributed by atoms with Crippen LogP contribution >= 0.6 is 0 Å². The lowest BCUT2D eigenvalue weighted by molar-refractivity contribution is 0.0694. The Hall–Kier alpha value is -3.86. The molecule has 4 aromatic rings. The Labute approximate surface area is 231 Å². The van der Waals surface area contributed by atoms with Gasteiger partial charge in [-0.2, -0.15) is 5.10 Å². The highest BCUT2D eigenvalue weighted by molar-refractivity contribution is 5.91. The molecule has 39 heavy (non-hydrogen) atoms. The minimum absolute atomic E-state index is 0.160. The number of aryl methyl sites for hydroxylation is 3. The molecule has 1 N–H and O–H groups in total. The van der Waals surface area contributed by atoms with E-state index in [0.29, 0.717) is 11.5 Å². The summed E-state index contributed by atoms with van der Waals surface area (Å²) in [6.07, 6.45) is 8.09. The number of nitrogens with zero attached hydrogens (tertiary/aromatic N) is 2. The average Bonchev–Trinajstić information content (AvgIpc) is 3.41. The molecule has 5 nitrogen and oxygen atoms in total. The number of ether oxygens (including phenoxy) is 1. The maximum atomic E-state index is 11.6. The molecule has 5 heteroatoms. The van der Waals surface area contributed by atoms with Crippen LogP contribution in [0.25, 0.3) is 0 Å². The van der Waals surface area contributed by atoms with Crippen LogP contribution in [0.2, 0.25) is 0 Å². The van der Waals surface area contributed by atoms with E-state index in [1.165, 1.54) is 40.7 Å². The SMILES string of the molecule is Cc1cccc(C(=O)O)c1Oc1ccc(CCc2cc3c(cc2Cn2cccn2)C(C)(C)CCC3(C)C)cc1. The van der Waals surface area contributed by atoms with Gasteiger partial charge in [0.15, 0.2) is 0 Å². The van der Waals surface area contributed by atoms with E-state index in [4.69, 9.17) is 4.74 Å². The van der Waals surface area contributed by atoms with Crippen molar-refractivity contribution in [1.29, 1.82) is 0 Å². The van der Waals surface area contributed by atoms with Gasteiger partial charge in [0.2, 0.25) is 0 Å². The number of carboxylic acids is 1. The van der Waals surface area contributed by atoms with Gasteiger partial charge in [-0.1, -0.05) is 64.1 Å². The summed E-state index contributed by atoms with van der Waals surface area (Å²) in [6, 6.07) is 20.1. The molecule has 1 aliphatic rings. The fourth-order valence-electron chi connectivity index (χ4n) is 5.73. The predicted octanol–water partition coefficient (Wildman–Crippen LogP) is 7.86. The van der Waals surface area contributed by atoms with Crippen molar-refractivity contribution in [2.24, 2.45) is 0 Å². The molecule has 0 saturated carbocycles. The van der Waals surface area contributed by atoms with Gasteiger partial charge in [-0.05, 0) is 101 Å². The number of benzene rings is 3. The summed E-state index contributed by atoms with van der Waals surface area (Å²) < 4.78 is 8.02. The minimum Gasteiger partial charge on any atom is -0.478 e. The molecule has 1 aromatic heterocycles. The first kappa shape index (κ1) is 26.7. The van der Waals surface area contributed by atoms with Gasteiger partial charge in [-0.15, -0.1) is 0 Å². The van der Waals surface area contributed by atoms with E-state index < -0.39 is 5.97 Å². The van der Waals surface area contributed by atoms with Crippen molar-refractivity contribution < 1.29 is 14.6 Å². The number of para-hydroxylation sites is 1. The molecule has 0 unspecified atom stereocenters. The predicted molar refractivity (Wildman–Crippen MR) is 155 cm³/mol. The fourth-order valence-corrected chi connectivity index (χ4v) is 5.73. The van der Waals surface area contributed by atoms with Crippen LogP contribution in [0, 0.1) is 6.92 Å². The Bertz CT molecular complexity index is 1480. The highest BCUT2D eigenvalue weighted by atomic mass is 16.5. The van der Waals surface area contributed by atoms with Crippen molar-refractivity contribution in [2.45, 2.75) is 77.7 Å². The Morgan fingerprint density at radius 3 is 2.21 bits per heavy atom. The first-order chi connectivity index (χ1) is 18.5. The second kappa shape index (κ2) is 10.4. The third-order valence-electron chi connectivity index (χ3n) is 8.33. The van der Waals surface area contributed by atoms with Crippen molar-refractivity contribution in [3.05, 3.63) is 112 Å². The largest absolute Gasteiger partial charge is 0.478 e. The maximum absolute atomic E-state index is 11.6. The summed E-state index contributed by atoms with van der Waals surface area (Å²) >= 11 is 0. The van der Waals surface area contributed by atoms with E-state index >= 15 is 0 Å². The number of carbonyl (C=O) groups is 1. The van der Waals surface area contributed by atoms with Gasteiger partial charge in [0.1, 0.15) is 17.1 Å². The molecule has 0 fully saturated rings. The quantitative estimate of drug-likeness (QED) is 0.256. The summed E-state index contributed by atoms with van der Waals surface area (Å²) in [4.78, 5) is 11.6. The van der Waals surface area contributed by atoms with Gasteiger partial charge in [0.05, 0.1) is 6.54 Å². The number of aromatic nitrogens is 2. The second-order valence-corrected chi connectivity index (χ2v) is 12.1. The number of hydrogen-bond acceptors (Lipinski definition) is 3. The van der Waals surface area contributed by atoms with Crippen LogP contribution in [-0.2, 0) is 30.2 Å². The third-order valence-corrected chi connectivity index (χ3v) is 8.33. The zero-order chi connectivity index (χ0) is 27.8. The summed E-state index contributed by atoms with van der Waals surface area (Å²) in [6.45, 7) is 12.1. The van der Waals surface area contributed by atoms with E-state index in [0.717, 1.165) is 24.9 Å². The van der Waals surface area contributed by atoms with Crippen molar-refractivity contribution in [1.82, 2.24) is 9.78 Å². The van der Waals surface area contributed by atoms with Crippen LogP contribution in [0.3, 0.4) is 0 Å². The first-order valence-corrected chi connectivity index (χ1v) is 13.8. The molecule has 5 rings (SSSR count). The lowest BCUT2D eigenvalue weighted by Gasteiger charge is -2.42. The van der Waals surface area contributed by atoms with Gasteiger partial charge < -0.3 is 9.84 Å². The monoisotopic (exact) mass is 522 g/mol. The first-order valence-electron chi connectivity index (χ1n) is 13.8. The van der Waals surface area contributed by atoms with Crippen LogP contribution in [-0.4, -0.2) is 20.9 Å². The third kappa shape index (κ3) is 5.63. The molecular weight excluding hydrogens is 484 g/mol. The number of fused-ring (bicyclic) bond motifs is 1. The summed E-state index contributed by atoms with van der Waals surface area (Å²) in [7, 11) is 0. The van der Waals surface area contributed by atoms with Crippen molar-refractivity contribution in [3.63, 3.8) is 0 Å². The highest BCUT2D eigenvalue weighted by Gasteiger charge is 2.37. The van der Waals surface area contributed by atoms with Gasteiger partial charge in [0.25, 0.3) is 0 Å². The van der Waals surface area contributed by atoms with E-state index in [-0.39, 0.29) is 16.4 Å². The van der Waals surface area contributed by atoms with Crippen molar-refractivity contribution >= 4 is 5.97 Å². The molecule has 202 valence electrons. The molecule has 0 radical (unpaired) electrons. The zero-order valence-corrected chi connectivity index (χ0v) is 23.6. The molecule has 0 aliphatic heterocycles. The van der Waals surface area contributed by atoms with Crippen LogP contribution in [0.15, 0.2) is 73.1 Å². The van der Waals surface area contributed by atoms with Crippen LogP contribution in [0.4, 0.5) is 0 Å². The summed E-state index contributed by atoms with van der Waals surface area (Å²) in [5, 5.41) is 14.0. The summed E-state index contributed by atoms with van der Waals surface area (Å²) in [5.41, 5.74) is 8.17. The molecule has 0 amide bonds. The van der Waals surface area contributed by atoms with E-state index in [2.05, 4.69) is 57.1 Å². The zero-order valence-electron chi connectivity index (χ0n) is 23.6. The van der Waals surface area contributed by atoms with E-state index in [9.17, 15) is 9.90 Å². The smallest absolute Gasteiger partial charge is 0.339 e. The highest BCUT2D eigenvalue weighted by Crippen LogP contribution is 2.46. The topological polar surface area (TPSA) is 64.3 Å². The Morgan fingerprint density at radius 2 is 1.59 bits per heavy atom. The Kier molecular flexibility index (Phi) is 7.11. The van der Waals surface area contributed by atoms with Gasteiger partial charge in [-0.3, -0.25) is 4.68 Å². The fraction of sp³-hybridized carbons (Fsp3) is 0.353. The summed E-state index contributed by atoms with van der Waals surface area (Å²) in [5.74, 6) is 0.0288. The normalized spacial score (nSPS) is 15.5. The molecule has 0 atom stereocenters. The lowest BCUT2D eigenvalue weighted by Crippen LogP contribution is -2.34. The lowest BCUT2D eigenvalue weighted by atomic mass is 9.62. The second-order valence-electron chi connectivity index (χ2n) is 12.1. The average molecular weight is 523 g/mol. The minimum atomic E-state index is -0.993. The number of carboxylic acid groups (broad SMARTS) is 1. The Balaban J connectivity index is 1.39. The number of rotatable bonds is 8. The van der Waals surface area contributed by atoms with Crippen LogP contribution in [0.1, 0.15) is 84.3 Å². The Morgan fingerprint density at radius 1 is 0.923 bits per heavy atom. The molecule has 0 bridgehead atoms. The number of hydrogen-bond donors (Lipinski definition) is 1. The van der Waals surface area contributed by atoms with Gasteiger partial charge in [-0.25, -0.2) is 4.79 Å². The van der Waals surface area contributed by atoms with E-state index in [1.807, 2.05) is 48.3 Å². The van der Waals surface area contributed by atoms with E-state index in [1.54, 1.807) is 12.1 Å². The van der Waals surface area contributed by atoms with Crippen molar-refractivity contribution in [3.8, 4) is 11.5 Å². The van der Waals surface area contributed by atoms with Gasteiger partial charge in [0, 0.05) is 12.4 Å². The maximum Gasteiger partial charge on any atom is 0.339 e. The molecule has 1 heterocycles. The number of aromatic carboxylic acids is 1. The van der Waals surface area contributed by atoms with Crippen LogP contribution < -0.4 is 4.74 Å². The molecule has 1 aliphatic carbocycles. The molecule has 0 spiro atoms. The molecule has 0 saturated heterocycles. The standard InChI is InChI=1S/C34H38N2O3/c1-23-8-6-9-28(32(37)38)31(23)39-27-14-11-24(12-15-27)10-13-25-20-29-30(34(4,5)17-16-33(29,2)3)21-26(25)22-36-19-7-18-35-36/h6-9,11-12,14-15,18-21H,10,13,16-17,22H2,1-5H3,(H,37,38).